The zero-order valence-corrected chi connectivity index (χ0v) is 10.5. The van der Waals surface area contributed by atoms with Gasteiger partial charge in [0.15, 0.2) is 0 Å². The van der Waals surface area contributed by atoms with Crippen LogP contribution in [0.5, 0.6) is 0 Å². The van der Waals surface area contributed by atoms with Crippen molar-refractivity contribution in [3.63, 3.8) is 0 Å². The van der Waals surface area contributed by atoms with Gasteiger partial charge in [-0.15, -0.1) is 21.8 Å². The van der Waals surface area contributed by atoms with E-state index in [-0.39, 0.29) is 5.38 Å². The lowest BCUT2D eigenvalue weighted by atomic mass is 10.1. The Morgan fingerprint density at radius 1 is 1.18 bits per heavy atom. The third-order valence-electron chi connectivity index (χ3n) is 2.52. The van der Waals surface area contributed by atoms with E-state index in [0.29, 0.717) is 11.8 Å². The van der Waals surface area contributed by atoms with Crippen LogP contribution >= 0.6 is 11.6 Å². The summed E-state index contributed by atoms with van der Waals surface area (Å²) in [6.45, 7) is 1.82. The molecule has 2 aromatic rings. The van der Waals surface area contributed by atoms with E-state index in [1.165, 1.54) is 5.56 Å². The average Bonchev–Trinajstić information content (AvgIpc) is 2.79. The molecule has 0 saturated heterocycles. The molecule has 1 aromatic carbocycles. The van der Waals surface area contributed by atoms with Crippen LogP contribution in [0.4, 0.5) is 0 Å². The van der Waals surface area contributed by atoms with Gasteiger partial charge in [0.2, 0.25) is 11.8 Å². The maximum atomic E-state index is 5.85. The van der Waals surface area contributed by atoms with Gasteiger partial charge in [-0.2, -0.15) is 0 Å². The Labute approximate surface area is 106 Å². The number of benzene rings is 1. The molecule has 0 aliphatic heterocycles. The highest BCUT2D eigenvalue weighted by molar-refractivity contribution is 6.20. The van der Waals surface area contributed by atoms with Gasteiger partial charge in [0.25, 0.3) is 0 Å². The Hall–Kier alpha value is -1.35. The first-order valence-corrected chi connectivity index (χ1v) is 6.19. The number of hydrogen-bond acceptors (Lipinski definition) is 3. The van der Waals surface area contributed by atoms with E-state index < -0.39 is 0 Å². The van der Waals surface area contributed by atoms with Gasteiger partial charge in [-0.25, -0.2) is 0 Å². The first kappa shape index (κ1) is 12.1. The minimum absolute atomic E-state index is 0.217. The number of aryl methyl sites for hydroxylation is 2. The van der Waals surface area contributed by atoms with Gasteiger partial charge in [-0.05, 0) is 25.3 Å². The Morgan fingerprint density at radius 3 is 2.59 bits per heavy atom. The molecule has 1 aromatic heterocycles. The molecule has 0 amide bonds. The van der Waals surface area contributed by atoms with E-state index >= 15 is 0 Å². The minimum Gasteiger partial charge on any atom is -0.424 e. The molecule has 1 heterocycles. The summed E-state index contributed by atoms with van der Waals surface area (Å²) in [6, 6.07) is 10.4. The zero-order valence-electron chi connectivity index (χ0n) is 9.77. The predicted molar refractivity (Wildman–Crippen MR) is 67.0 cm³/mol. The lowest BCUT2D eigenvalue weighted by molar-refractivity contribution is 0.445. The third kappa shape index (κ3) is 3.56. The van der Waals surface area contributed by atoms with Gasteiger partial charge in [-0.3, -0.25) is 0 Å². The van der Waals surface area contributed by atoms with Crippen molar-refractivity contribution < 1.29 is 4.42 Å². The standard InChI is InChI=1S/C13H15ClN2O/c1-10(14)13-16-15-12(17-13)9-5-8-11-6-3-2-4-7-11/h2-4,6-7,10H,5,8-9H2,1H3. The second kappa shape index (κ2) is 5.82. The number of hydrogen-bond donors (Lipinski definition) is 0. The van der Waals surface area contributed by atoms with Gasteiger partial charge >= 0.3 is 0 Å². The Bertz CT molecular complexity index is 453. The number of aromatic nitrogens is 2. The van der Waals surface area contributed by atoms with Crippen LogP contribution in [0.1, 0.15) is 36.1 Å². The first-order chi connectivity index (χ1) is 8.25. The van der Waals surface area contributed by atoms with Crippen molar-refractivity contribution in [3.05, 3.63) is 47.7 Å². The highest BCUT2D eigenvalue weighted by Gasteiger charge is 2.10. The highest BCUT2D eigenvalue weighted by Crippen LogP contribution is 2.18. The molecule has 0 aliphatic carbocycles. The normalized spacial score (nSPS) is 12.6. The SMILES string of the molecule is CC(Cl)c1nnc(CCCc2ccccc2)o1. The molecule has 0 bridgehead atoms. The minimum atomic E-state index is -0.217. The molecule has 1 atom stereocenters. The van der Waals surface area contributed by atoms with Crippen molar-refractivity contribution >= 4 is 11.6 Å². The summed E-state index contributed by atoms with van der Waals surface area (Å²) >= 11 is 5.85. The number of alkyl halides is 1. The van der Waals surface area contributed by atoms with E-state index in [1.54, 1.807) is 0 Å². The number of halogens is 1. The van der Waals surface area contributed by atoms with Crippen molar-refractivity contribution in [1.29, 1.82) is 0 Å². The summed E-state index contributed by atoms with van der Waals surface area (Å²) in [6.07, 6.45) is 2.82. The smallest absolute Gasteiger partial charge is 0.234 e. The Kier molecular flexibility index (Phi) is 4.15. The molecule has 1 unspecified atom stereocenters. The molecule has 3 nitrogen and oxygen atoms in total. The average molecular weight is 251 g/mol. The fraction of sp³-hybridized carbons (Fsp3) is 0.385. The van der Waals surface area contributed by atoms with Crippen LogP contribution in [-0.4, -0.2) is 10.2 Å². The van der Waals surface area contributed by atoms with Crippen molar-refractivity contribution in [2.24, 2.45) is 0 Å². The van der Waals surface area contributed by atoms with E-state index in [2.05, 4.69) is 34.5 Å². The molecule has 2 rings (SSSR count). The predicted octanol–water partition coefficient (Wildman–Crippen LogP) is 3.54. The van der Waals surface area contributed by atoms with Gasteiger partial charge in [0.05, 0.1) is 0 Å². The summed E-state index contributed by atoms with van der Waals surface area (Å²) in [5.41, 5.74) is 1.33. The topological polar surface area (TPSA) is 38.9 Å². The summed E-state index contributed by atoms with van der Waals surface area (Å²) in [7, 11) is 0. The second-order valence-electron chi connectivity index (χ2n) is 3.99. The fourth-order valence-electron chi connectivity index (χ4n) is 1.62. The lowest BCUT2D eigenvalue weighted by Crippen LogP contribution is -1.90. The monoisotopic (exact) mass is 250 g/mol. The van der Waals surface area contributed by atoms with Crippen LogP contribution in [0.25, 0.3) is 0 Å². The molecular formula is C13H15ClN2O. The molecule has 0 saturated carbocycles. The van der Waals surface area contributed by atoms with E-state index in [4.69, 9.17) is 16.0 Å². The maximum absolute atomic E-state index is 5.85. The lowest BCUT2D eigenvalue weighted by Gasteiger charge is -1.98. The van der Waals surface area contributed by atoms with Gasteiger partial charge in [-0.1, -0.05) is 30.3 Å². The number of rotatable bonds is 5. The van der Waals surface area contributed by atoms with Crippen LogP contribution in [0.3, 0.4) is 0 Å². The van der Waals surface area contributed by atoms with Gasteiger partial charge < -0.3 is 4.42 Å². The number of nitrogens with zero attached hydrogens (tertiary/aromatic N) is 2. The molecule has 4 heteroatoms. The van der Waals surface area contributed by atoms with Crippen molar-refractivity contribution in [2.75, 3.05) is 0 Å². The van der Waals surface area contributed by atoms with Crippen LogP contribution in [0.2, 0.25) is 0 Å². The van der Waals surface area contributed by atoms with Crippen LogP contribution in [-0.2, 0) is 12.8 Å². The second-order valence-corrected chi connectivity index (χ2v) is 4.64. The van der Waals surface area contributed by atoms with Crippen LogP contribution < -0.4 is 0 Å². The largest absolute Gasteiger partial charge is 0.424 e. The Balaban J connectivity index is 1.82. The molecule has 0 spiro atoms. The molecular weight excluding hydrogens is 236 g/mol. The summed E-state index contributed by atoms with van der Waals surface area (Å²) < 4.78 is 5.43. The van der Waals surface area contributed by atoms with E-state index in [9.17, 15) is 0 Å². The molecule has 0 aliphatic rings. The Morgan fingerprint density at radius 2 is 1.94 bits per heavy atom. The summed E-state index contributed by atoms with van der Waals surface area (Å²) in [5.74, 6) is 1.17. The summed E-state index contributed by atoms with van der Waals surface area (Å²) in [5, 5.41) is 7.64. The van der Waals surface area contributed by atoms with Gasteiger partial charge in [0, 0.05) is 6.42 Å². The summed E-state index contributed by atoms with van der Waals surface area (Å²) in [4.78, 5) is 0. The molecule has 0 radical (unpaired) electrons. The maximum Gasteiger partial charge on any atom is 0.234 e. The van der Waals surface area contributed by atoms with Crippen molar-refractivity contribution in [1.82, 2.24) is 10.2 Å². The quantitative estimate of drug-likeness (QED) is 0.762. The van der Waals surface area contributed by atoms with Crippen molar-refractivity contribution in [3.8, 4) is 0 Å². The molecule has 17 heavy (non-hydrogen) atoms. The van der Waals surface area contributed by atoms with Crippen LogP contribution in [0, 0.1) is 0 Å². The molecule has 0 N–H and O–H groups in total. The van der Waals surface area contributed by atoms with Crippen LogP contribution in [0.15, 0.2) is 34.7 Å². The van der Waals surface area contributed by atoms with Gasteiger partial charge in [0.1, 0.15) is 5.38 Å². The highest BCUT2D eigenvalue weighted by atomic mass is 35.5. The molecule has 90 valence electrons. The van der Waals surface area contributed by atoms with E-state index in [1.807, 2.05) is 13.0 Å². The van der Waals surface area contributed by atoms with E-state index in [0.717, 1.165) is 19.3 Å². The zero-order chi connectivity index (χ0) is 12.1. The van der Waals surface area contributed by atoms with Crippen molar-refractivity contribution in [2.45, 2.75) is 31.6 Å². The fourth-order valence-corrected chi connectivity index (χ4v) is 1.70. The first-order valence-electron chi connectivity index (χ1n) is 5.76. The molecule has 0 fully saturated rings. The third-order valence-corrected chi connectivity index (χ3v) is 2.71.